The van der Waals surface area contributed by atoms with Gasteiger partial charge >= 0.3 is 0 Å². The molecule has 0 bridgehead atoms. The van der Waals surface area contributed by atoms with E-state index in [2.05, 4.69) is 16.3 Å². The van der Waals surface area contributed by atoms with Gasteiger partial charge < -0.3 is 4.74 Å². The van der Waals surface area contributed by atoms with Crippen LogP contribution in [-0.2, 0) is 4.74 Å². The van der Waals surface area contributed by atoms with Crippen LogP contribution in [0.3, 0.4) is 0 Å². The summed E-state index contributed by atoms with van der Waals surface area (Å²) in [5.74, 6) is 0.742. The molecule has 1 saturated carbocycles. The molecule has 1 aliphatic carbocycles. The van der Waals surface area contributed by atoms with E-state index < -0.39 is 0 Å². The summed E-state index contributed by atoms with van der Waals surface area (Å²) in [5.41, 5.74) is 0. The second-order valence-corrected chi connectivity index (χ2v) is 4.23. The van der Waals surface area contributed by atoms with Gasteiger partial charge in [-0.15, -0.1) is 0 Å². The normalized spacial score (nSPS) is 25.9. The van der Waals surface area contributed by atoms with Gasteiger partial charge in [-0.05, 0) is 18.8 Å². The molecule has 0 atom stereocenters. The van der Waals surface area contributed by atoms with Crippen LogP contribution in [0.4, 0.5) is 0 Å². The Morgan fingerprint density at radius 2 is 1.79 bits per heavy atom. The first kappa shape index (κ1) is 9.97. The summed E-state index contributed by atoms with van der Waals surface area (Å²) < 4.78 is 5.28. The van der Waals surface area contributed by atoms with Crippen molar-refractivity contribution in [3.63, 3.8) is 0 Å². The van der Waals surface area contributed by atoms with E-state index in [1.807, 2.05) is 0 Å². The molecule has 2 aliphatic rings. The van der Waals surface area contributed by atoms with Crippen LogP contribution in [0.2, 0.25) is 0 Å². The second-order valence-electron chi connectivity index (χ2n) is 4.23. The molecule has 1 aliphatic heterocycles. The molecule has 2 fully saturated rings. The zero-order valence-electron chi connectivity index (χ0n) is 8.82. The lowest BCUT2D eigenvalue weighted by atomic mass is 9.90. The van der Waals surface area contributed by atoms with Crippen molar-refractivity contribution in [3.05, 3.63) is 0 Å². The van der Waals surface area contributed by atoms with E-state index in [9.17, 15) is 0 Å². The monoisotopic (exact) mass is 196 g/mol. The first-order valence-electron chi connectivity index (χ1n) is 5.82. The molecule has 2 rings (SSSR count). The van der Waals surface area contributed by atoms with Crippen molar-refractivity contribution < 1.29 is 4.74 Å². The van der Waals surface area contributed by atoms with Crippen LogP contribution in [0.25, 0.3) is 0 Å². The molecule has 3 heteroatoms. The number of rotatable bonds is 2. The fourth-order valence-electron chi connectivity index (χ4n) is 2.14. The van der Waals surface area contributed by atoms with Gasteiger partial charge in [0.25, 0.3) is 0 Å². The number of hydrazone groups is 1. The Morgan fingerprint density at radius 3 is 2.50 bits per heavy atom. The Balaban J connectivity index is 1.73. The molecule has 0 aromatic carbocycles. The molecule has 0 amide bonds. The number of hydrogen-bond acceptors (Lipinski definition) is 3. The Labute approximate surface area is 86.1 Å². The van der Waals surface area contributed by atoms with Gasteiger partial charge in [-0.2, -0.15) is 5.10 Å². The van der Waals surface area contributed by atoms with Crippen molar-refractivity contribution in [1.29, 1.82) is 0 Å². The maximum absolute atomic E-state index is 5.28. The Morgan fingerprint density at radius 1 is 1.07 bits per heavy atom. The Bertz CT molecular complexity index is 162. The van der Waals surface area contributed by atoms with Crippen LogP contribution in [0.15, 0.2) is 5.10 Å². The van der Waals surface area contributed by atoms with Crippen LogP contribution in [0.1, 0.15) is 32.1 Å². The lowest BCUT2D eigenvalue weighted by Gasteiger charge is -2.25. The van der Waals surface area contributed by atoms with E-state index in [0.29, 0.717) is 0 Å². The topological polar surface area (TPSA) is 24.8 Å². The van der Waals surface area contributed by atoms with Gasteiger partial charge in [-0.1, -0.05) is 19.3 Å². The standard InChI is InChI=1S/C11H20N2O/c1-2-4-11(5-3-1)10-12-13-6-8-14-9-7-13/h10-11H,1-9H2. The summed E-state index contributed by atoms with van der Waals surface area (Å²) in [6.07, 6.45) is 9.05. The van der Waals surface area contributed by atoms with E-state index in [-0.39, 0.29) is 0 Å². The zero-order chi connectivity index (χ0) is 9.64. The minimum absolute atomic E-state index is 0.742. The maximum atomic E-state index is 5.28. The van der Waals surface area contributed by atoms with E-state index in [1.165, 1.54) is 32.1 Å². The molecule has 80 valence electrons. The predicted molar refractivity (Wildman–Crippen MR) is 57.5 cm³/mol. The highest BCUT2D eigenvalue weighted by Gasteiger charge is 2.12. The van der Waals surface area contributed by atoms with Gasteiger partial charge in [0.1, 0.15) is 0 Å². The van der Waals surface area contributed by atoms with Crippen molar-refractivity contribution in [2.45, 2.75) is 32.1 Å². The predicted octanol–water partition coefficient (Wildman–Crippen LogP) is 1.88. The van der Waals surface area contributed by atoms with Gasteiger partial charge in [0.2, 0.25) is 0 Å². The third kappa shape index (κ3) is 2.98. The van der Waals surface area contributed by atoms with E-state index in [0.717, 1.165) is 32.2 Å². The summed E-state index contributed by atoms with van der Waals surface area (Å²) in [6.45, 7) is 3.59. The van der Waals surface area contributed by atoms with E-state index >= 15 is 0 Å². The molecule has 1 heterocycles. The summed E-state index contributed by atoms with van der Waals surface area (Å²) in [6, 6.07) is 0. The highest BCUT2D eigenvalue weighted by Crippen LogP contribution is 2.21. The fraction of sp³-hybridized carbons (Fsp3) is 0.909. The lowest BCUT2D eigenvalue weighted by molar-refractivity contribution is 0.0393. The van der Waals surface area contributed by atoms with E-state index in [4.69, 9.17) is 4.74 Å². The molecule has 1 saturated heterocycles. The molecular formula is C11H20N2O. The van der Waals surface area contributed by atoms with Gasteiger partial charge in [-0.3, -0.25) is 5.01 Å². The first-order chi connectivity index (χ1) is 6.95. The molecule has 0 aromatic rings. The van der Waals surface area contributed by atoms with Crippen LogP contribution in [0, 0.1) is 5.92 Å². The molecular weight excluding hydrogens is 176 g/mol. The fourth-order valence-corrected chi connectivity index (χ4v) is 2.14. The minimum Gasteiger partial charge on any atom is -0.378 e. The van der Waals surface area contributed by atoms with Gasteiger partial charge in [-0.25, -0.2) is 0 Å². The van der Waals surface area contributed by atoms with Crippen LogP contribution >= 0.6 is 0 Å². The third-order valence-corrected chi connectivity index (χ3v) is 3.08. The summed E-state index contributed by atoms with van der Waals surface area (Å²) in [4.78, 5) is 0. The van der Waals surface area contributed by atoms with Crippen molar-refractivity contribution in [1.82, 2.24) is 5.01 Å². The van der Waals surface area contributed by atoms with Crippen molar-refractivity contribution >= 4 is 6.21 Å². The van der Waals surface area contributed by atoms with E-state index in [1.54, 1.807) is 0 Å². The third-order valence-electron chi connectivity index (χ3n) is 3.08. The minimum atomic E-state index is 0.742. The first-order valence-corrected chi connectivity index (χ1v) is 5.82. The molecule has 0 N–H and O–H groups in total. The van der Waals surface area contributed by atoms with Crippen LogP contribution in [0.5, 0.6) is 0 Å². The molecule has 0 radical (unpaired) electrons. The molecule has 0 unspecified atom stereocenters. The molecule has 0 spiro atoms. The number of morpholine rings is 1. The number of ether oxygens (including phenoxy) is 1. The number of nitrogens with zero attached hydrogens (tertiary/aromatic N) is 2. The maximum Gasteiger partial charge on any atom is 0.0659 e. The second kappa shape index (κ2) is 5.35. The quantitative estimate of drug-likeness (QED) is 0.630. The SMILES string of the molecule is C(=NN1CCOCC1)C1CCCCC1. The molecule has 3 nitrogen and oxygen atoms in total. The van der Waals surface area contributed by atoms with Gasteiger partial charge in [0, 0.05) is 6.21 Å². The highest BCUT2D eigenvalue weighted by molar-refractivity contribution is 5.60. The molecule has 0 aromatic heterocycles. The summed E-state index contributed by atoms with van der Waals surface area (Å²) in [5, 5.41) is 6.67. The Hall–Kier alpha value is -0.570. The number of hydrogen-bond donors (Lipinski definition) is 0. The van der Waals surface area contributed by atoms with Crippen LogP contribution in [-0.4, -0.2) is 37.5 Å². The summed E-state index contributed by atoms with van der Waals surface area (Å²) in [7, 11) is 0. The van der Waals surface area contributed by atoms with Crippen molar-refractivity contribution in [2.24, 2.45) is 11.0 Å². The molecule has 14 heavy (non-hydrogen) atoms. The average Bonchev–Trinajstić information content (AvgIpc) is 2.29. The van der Waals surface area contributed by atoms with Crippen molar-refractivity contribution in [3.8, 4) is 0 Å². The highest BCUT2D eigenvalue weighted by atomic mass is 16.5. The van der Waals surface area contributed by atoms with Crippen LogP contribution < -0.4 is 0 Å². The van der Waals surface area contributed by atoms with Crippen molar-refractivity contribution in [2.75, 3.05) is 26.3 Å². The Kier molecular flexibility index (Phi) is 3.80. The zero-order valence-corrected chi connectivity index (χ0v) is 8.82. The lowest BCUT2D eigenvalue weighted by Crippen LogP contribution is -2.32. The van der Waals surface area contributed by atoms with Gasteiger partial charge in [0.15, 0.2) is 0 Å². The smallest absolute Gasteiger partial charge is 0.0659 e. The largest absolute Gasteiger partial charge is 0.378 e. The van der Waals surface area contributed by atoms with Gasteiger partial charge in [0.05, 0.1) is 26.3 Å². The average molecular weight is 196 g/mol. The summed E-state index contributed by atoms with van der Waals surface area (Å²) >= 11 is 0.